The van der Waals surface area contributed by atoms with E-state index in [0.717, 1.165) is 38.7 Å². The number of thioether (sulfide) groups is 1. The maximum atomic E-state index is 12.4. The minimum atomic E-state index is 0.175. The van der Waals surface area contributed by atoms with Crippen molar-refractivity contribution >= 4 is 33.5 Å². The molecular formula is C19H19BrN4OS. The summed E-state index contributed by atoms with van der Waals surface area (Å²) in [4.78, 5) is 16.5. The van der Waals surface area contributed by atoms with E-state index in [-0.39, 0.29) is 5.78 Å². The van der Waals surface area contributed by atoms with Crippen molar-refractivity contribution < 1.29 is 4.79 Å². The Morgan fingerprint density at radius 1 is 1.27 bits per heavy atom. The van der Waals surface area contributed by atoms with Crippen LogP contribution in [0.5, 0.6) is 0 Å². The number of aryl methyl sites for hydroxylation is 1. The number of ketones is 1. The van der Waals surface area contributed by atoms with Crippen molar-refractivity contribution in [3.8, 4) is 11.4 Å². The van der Waals surface area contributed by atoms with Gasteiger partial charge in [0.25, 0.3) is 0 Å². The van der Waals surface area contributed by atoms with Crippen LogP contribution in [0.15, 0.2) is 52.4 Å². The number of carbonyl (C=O) groups excluding carboxylic acids is 1. The topological polar surface area (TPSA) is 60.7 Å². The normalized spacial score (nSPS) is 10.9. The van der Waals surface area contributed by atoms with Crippen LogP contribution in [0.1, 0.15) is 18.1 Å². The summed E-state index contributed by atoms with van der Waals surface area (Å²) < 4.78 is 3.04. The van der Waals surface area contributed by atoms with Crippen molar-refractivity contribution in [2.24, 2.45) is 0 Å². The van der Waals surface area contributed by atoms with Gasteiger partial charge in [-0.05, 0) is 49.2 Å². The Morgan fingerprint density at radius 3 is 2.81 bits per heavy atom. The minimum Gasteiger partial charge on any atom is -0.302 e. The van der Waals surface area contributed by atoms with Crippen LogP contribution < -0.4 is 0 Å². The molecule has 0 N–H and O–H groups in total. The van der Waals surface area contributed by atoms with E-state index in [9.17, 15) is 4.79 Å². The molecule has 1 aromatic carbocycles. The summed E-state index contributed by atoms with van der Waals surface area (Å²) in [5.41, 5.74) is 3.10. The molecule has 26 heavy (non-hydrogen) atoms. The Kier molecular flexibility index (Phi) is 6.21. The molecule has 0 saturated heterocycles. The predicted molar refractivity (Wildman–Crippen MR) is 107 cm³/mol. The SMILES string of the molecule is CCn1c(SCC(=O)Cc2ccc(Br)cc2C)nnc1-c1cccnc1. The van der Waals surface area contributed by atoms with Gasteiger partial charge in [0.15, 0.2) is 11.0 Å². The molecule has 0 spiro atoms. The molecule has 134 valence electrons. The summed E-state index contributed by atoms with van der Waals surface area (Å²) in [6.07, 6.45) is 3.93. The summed E-state index contributed by atoms with van der Waals surface area (Å²) >= 11 is 4.88. The van der Waals surface area contributed by atoms with Crippen LogP contribution in [-0.2, 0) is 17.8 Å². The third-order valence-electron chi connectivity index (χ3n) is 4.01. The number of carbonyl (C=O) groups is 1. The maximum Gasteiger partial charge on any atom is 0.191 e. The molecule has 0 unspecified atom stereocenters. The van der Waals surface area contributed by atoms with Crippen LogP contribution in [0.2, 0.25) is 0 Å². The first-order chi connectivity index (χ1) is 12.6. The van der Waals surface area contributed by atoms with Gasteiger partial charge >= 0.3 is 0 Å². The van der Waals surface area contributed by atoms with E-state index >= 15 is 0 Å². The van der Waals surface area contributed by atoms with Gasteiger partial charge in [-0.15, -0.1) is 10.2 Å². The number of rotatable bonds is 7. The lowest BCUT2D eigenvalue weighted by atomic mass is 10.0. The highest BCUT2D eigenvalue weighted by Crippen LogP contribution is 2.24. The zero-order chi connectivity index (χ0) is 18.5. The fourth-order valence-corrected chi connectivity index (χ4v) is 3.99. The van der Waals surface area contributed by atoms with E-state index in [1.807, 2.05) is 48.7 Å². The molecule has 0 atom stereocenters. The summed E-state index contributed by atoms with van der Waals surface area (Å²) in [6, 6.07) is 9.83. The zero-order valence-corrected chi connectivity index (χ0v) is 17.0. The van der Waals surface area contributed by atoms with Gasteiger partial charge in [-0.2, -0.15) is 0 Å². The molecule has 2 aromatic heterocycles. The molecular weight excluding hydrogens is 412 g/mol. The van der Waals surface area contributed by atoms with Gasteiger partial charge in [0.1, 0.15) is 5.78 Å². The first-order valence-electron chi connectivity index (χ1n) is 8.31. The molecule has 0 bridgehead atoms. The molecule has 3 rings (SSSR count). The third-order valence-corrected chi connectivity index (χ3v) is 5.53. The van der Waals surface area contributed by atoms with E-state index in [1.165, 1.54) is 11.8 Å². The molecule has 0 radical (unpaired) electrons. The second kappa shape index (κ2) is 8.60. The molecule has 0 fully saturated rings. The fourth-order valence-electron chi connectivity index (χ4n) is 2.66. The molecule has 0 aliphatic heterocycles. The average Bonchev–Trinajstić information content (AvgIpc) is 3.06. The van der Waals surface area contributed by atoms with E-state index in [2.05, 4.69) is 31.1 Å². The van der Waals surface area contributed by atoms with Crippen molar-refractivity contribution in [1.82, 2.24) is 19.7 Å². The van der Waals surface area contributed by atoms with Crippen LogP contribution in [0.25, 0.3) is 11.4 Å². The van der Waals surface area contributed by atoms with Gasteiger partial charge in [-0.1, -0.05) is 33.8 Å². The monoisotopic (exact) mass is 430 g/mol. The van der Waals surface area contributed by atoms with Crippen LogP contribution >= 0.6 is 27.7 Å². The molecule has 7 heteroatoms. The highest BCUT2D eigenvalue weighted by atomic mass is 79.9. The van der Waals surface area contributed by atoms with Gasteiger partial charge in [0.2, 0.25) is 0 Å². The first-order valence-corrected chi connectivity index (χ1v) is 10.1. The molecule has 0 aliphatic rings. The maximum absolute atomic E-state index is 12.4. The fraction of sp³-hybridized carbons (Fsp3) is 0.263. The number of hydrogen-bond donors (Lipinski definition) is 0. The lowest BCUT2D eigenvalue weighted by Crippen LogP contribution is -2.08. The Hall–Kier alpha value is -1.99. The molecule has 0 aliphatic carbocycles. The Morgan fingerprint density at radius 2 is 2.12 bits per heavy atom. The first kappa shape index (κ1) is 18.8. The number of benzene rings is 1. The summed E-state index contributed by atoms with van der Waals surface area (Å²) in [5, 5.41) is 9.30. The van der Waals surface area contributed by atoms with Gasteiger partial charge in [-0.25, -0.2) is 0 Å². The highest BCUT2D eigenvalue weighted by Gasteiger charge is 2.15. The van der Waals surface area contributed by atoms with Gasteiger partial charge in [0, 0.05) is 35.4 Å². The second-order valence-corrected chi connectivity index (χ2v) is 7.73. The van der Waals surface area contributed by atoms with Gasteiger partial charge < -0.3 is 4.57 Å². The van der Waals surface area contributed by atoms with Crippen molar-refractivity contribution in [3.05, 3.63) is 58.3 Å². The zero-order valence-electron chi connectivity index (χ0n) is 14.6. The van der Waals surface area contributed by atoms with Crippen molar-refractivity contribution in [3.63, 3.8) is 0 Å². The quantitative estimate of drug-likeness (QED) is 0.521. The lowest BCUT2D eigenvalue weighted by Gasteiger charge is -2.08. The molecule has 5 nitrogen and oxygen atoms in total. The van der Waals surface area contributed by atoms with Crippen LogP contribution in [-0.4, -0.2) is 31.3 Å². The number of nitrogens with zero attached hydrogens (tertiary/aromatic N) is 4. The molecule has 0 amide bonds. The van der Waals surface area contributed by atoms with E-state index in [0.29, 0.717) is 12.2 Å². The minimum absolute atomic E-state index is 0.175. The smallest absolute Gasteiger partial charge is 0.191 e. The molecule has 0 saturated carbocycles. The van der Waals surface area contributed by atoms with Gasteiger partial charge in [0.05, 0.1) is 5.75 Å². The van der Waals surface area contributed by atoms with E-state index in [1.54, 1.807) is 12.4 Å². The highest BCUT2D eigenvalue weighted by molar-refractivity contribution is 9.10. The number of hydrogen-bond acceptors (Lipinski definition) is 5. The second-order valence-electron chi connectivity index (χ2n) is 5.87. The van der Waals surface area contributed by atoms with Crippen molar-refractivity contribution in [2.75, 3.05) is 5.75 Å². The Labute approximate surface area is 165 Å². The Balaban J connectivity index is 1.68. The van der Waals surface area contributed by atoms with Crippen molar-refractivity contribution in [2.45, 2.75) is 32.0 Å². The predicted octanol–water partition coefficient (Wildman–Crippen LogP) is 4.33. The van der Waals surface area contributed by atoms with Gasteiger partial charge in [-0.3, -0.25) is 9.78 Å². The standard InChI is InChI=1S/C19H19BrN4OS/c1-3-24-18(15-5-4-8-21-11-15)22-23-19(24)26-12-17(25)10-14-6-7-16(20)9-13(14)2/h4-9,11H,3,10,12H2,1-2H3. The van der Waals surface area contributed by atoms with Crippen LogP contribution in [0.3, 0.4) is 0 Å². The summed E-state index contributed by atoms with van der Waals surface area (Å²) in [6.45, 7) is 4.80. The Bertz CT molecular complexity index is 911. The average molecular weight is 431 g/mol. The molecule has 3 aromatic rings. The van der Waals surface area contributed by atoms with E-state index in [4.69, 9.17) is 0 Å². The lowest BCUT2D eigenvalue weighted by molar-refractivity contribution is -0.116. The third kappa shape index (κ3) is 4.40. The van der Waals surface area contributed by atoms with Crippen LogP contribution in [0, 0.1) is 6.92 Å². The van der Waals surface area contributed by atoms with Crippen molar-refractivity contribution in [1.29, 1.82) is 0 Å². The van der Waals surface area contributed by atoms with Crippen LogP contribution in [0.4, 0.5) is 0 Å². The number of halogens is 1. The summed E-state index contributed by atoms with van der Waals surface area (Å²) in [5.74, 6) is 1.33. The molecule has 2 heterocycles. The van der Waals surface area contributed by atoms with E-state index < -0.39 is 0 Å². The number of aromatic nitrogens is 4. The summed E-state index contributed by atoms with van der Waals surface area (Å²) in [7, 11) is 0. The number of pyridine rings is 1. The number of Topliss-reactive ketones (excluding diaryl/α,β-unsaturated/α-hetero) is 1. The largest absolute Gasteiger partial charge is 0.302 e.